The van der Waals surface area contributed by atoms with Crippen LogP contribution in [0, 0.1) is 0 Å². The third-order valence-electron chi connectivity index (χ3n) is 2.07. The lowest BCUT2D eigenvalue weighted by Crippen LogP contribution is -1.82. The first-order chi connectivity index (χ1) is 4.88. The minimum atomic E-state index is 1.21. The van der Waals surface area contributed by atoms with Gasteiger partial charge in [-0.15, -0.1) is 0 Å². The summed E-state index contributed by atoms with van der Waals surface area (Å²) in [6.07, 6.45) is 9.59. The van der Waals surface area contributed by atoms with Crippen LogP contribution >= 0.6 is 0 Å². The summed E-state index contributed by atoms with van der Waals surface area (Å²) in [7, 11) is 0. The van der Waals surface area contributed by atoms with Crippen LogP contribution in [0.2, 0.25) is 0 Å². The predicted octanol–water partition coefficient (Wildman–Crippen LogP) is 3.45. The smallest absolute Gasteiger partial charge is 0.0130 e. The van der Waals surface area contributed by atoms with Crippen molar-refractivity contribution in [2.24, 2.45) is 0 Å². The fourth-order valence-electron chi connectivity index (χ4n) is 1.52. The van der Waals surface area contributed by atoms with Gasteiger partial charge in [0.1, 0.15) is 0 Å². The summed E-state index contributed by atoms with van der Waals surface area (Å²) in [5.41, 5.74) is 3.26. The van der Waals surface area contributed by atoms with Crippen molar-refractivity contribution in [3.8, 4) is 0 Å². The highest BCUT2D eigenvalue weighted by Gasteiger charge is 2.04. The van der Waals surface area contributed by atoms with E-state index < -0.39 is 0 Å². The molecule has 0 nitrogen and oxygen atoms in total. The minimum Gasteiger partial charge on any atom is -0.0802 e. The summed E-state index contributed by atoms with van der Waals surface area (Å²) in [5, 5.41) is 0. The predicted molar refractivity (Wildman–Crippen MR) is 46.0 cm³/mol. The Labute approximate surface area is 63.6 Å². The summed E-state index contributed by atoms with van der Waals surface area (Å²) in [6, 6.07) is 0. The highest BCUT2D eigenvalue weighted by atomic mass is 14.1. The Balaban J connectivity index is 2.56. The Bertz CT molecular complexity index is 161. The maximum atomic E-state index is 2.28. The van der Waals surface area contributed by atoms with Crippen molar-refractivity contribution in [3.05, 3.63) is 23.3 Å². The lowest BCUT2D eigenvalue weighted by atomic mass is 10.0. The summed E-state index contributed by atoms with van der Waals surface area (Å²) < 4.78 is 0. The van der Waals surface area contributed by atoms with Crippen molar-refractivity contribution >= 4 is 0 Å². The van der Waals surface area contributed by atoms with Crippen molar-refractivity contribution in [1.82, 2.24) is 0 Å². The standard InChI is InChI=1S/C10H16/c1-3-6-10-8-5-7-9(10)4-2/h5,7H,3-4,6,8H2,1-2H3. The van der Waals surface area contributed by atoms with E-state index in [2.05, 4.69) is 26.0 Å². The summed E-state index contributed by atoms with van der Waals surface area (Å²) in [6.45, 7) is 4.49. The SMILES string of the molecule is CCCC1=C(CC)C=CC1. The fraction of sp³-hybridized carbons (Fsp3) is 0.600. The number of allylic oxidation sites excluding steroid dienone is 4. The second-order valence-corrected chi connectivity index (χ2v) is 2.84. The van der Waals surface area contributed by atoms with Crippen LogP contribution in [0.3, 0.4) is 0 Å². The molecular formula is C10H16. The zero-order chi connectivity index (χ0) is 7.40. The first kappa shape index (κ1) is 7.59. The van der Waals surface area contributed by atoms with Crippen LogP contribution in [0.1, 0.15) is 39.5 Å². The van der Waals surface area contributed by atoms with Gasteiger partial charge in [0.15, 0.2) is 0 Å². The van der Waals surface area contributed by atoms with Gasteiger partial charge in [0, 0.05) is 0 Å². The molecule has 0 aromatic heterocycles. The maximum absolute atomic E-state index is 2.28. The molecule has 0 N–H and O–H groups in total. The second kappa shape index (κ2) is 3.60. The third kappa shape index (κ3) is 1.50. The first-order valence-corrected chi connectivity index (χ1v) is 4.26. The van der Waals surface area contributed by atoms with Gasteiger partial charge in [-0.2, -0.15) is 0 Å². The van der Waals surface area contributed by atoms with E-state index in [4.69, 9.17) is 0 Å². The zero-order valence-corrected chi connectivity index (χ0v) is 6.98. The molecule has 0 bridgehead atoms. The largest absolute Gasteiger partial charge is 0.0802 e. The van der Waals surface area contributed by atoms with E-state index in [-0.39, 0.29) is 0 Å². The Hall–Kier alpha value is -0.520. The van der Waals surface area contributed by atoms with Crippen LogP contribution in [0.15, 0.2) is 23.3 Å². The average molecular weight is 136 g/mol. The van der Waals surface area contributed by atoms with Gasteiger partial charge in [0.25, 0.3) is 0 Å². The van der Waals surface area contributed by atoms with Crippen LogP contribution in [0.25, 0.3) is 0 Å². The molecule has 0 amide bonds. The molecule has 0 unspecified atom stereocenters. The van der Waals surface area contributed by atoms with Crippen LogP contribution < -0.4 is 0 Å². The monoisotopic (exact) mass is 136 g/mol. The van der Waals surface area contributed by atoms with Crippen LogP contribution in [-0.2, 0) is 0 Å². The second-order valence-electron chi connectivity index (χ2n) is 2.84. The van der Waals surface area contributed by atoms with E-state index in [9.17, 15) is 0 Å². The summed E-state index contributed by atoms with van der Waals surface area (Å²) in [5.74, 6) is 0. The van der Waals surface area contributed by atoms with Gasteiger partial charge in [-0.1, -0.05) is 38.0 Å². The van der Waals surface area contributed by atoms with E-state index >= 15 is 0 Å². The molecule has 0 spiro atoms. The van der Waals surface area contributed by atoms with E-state index in [0.29, 0.717) is 0 Å². The Morgan fingerprint density at radius 3 is 2.80 bits per heavy atom. The molecule has 0 saturated carbocycles. The van der Waals surface area contributed by atoms with E-state index in [1.165, 1.54) is 25.7 Å². The normalized spacial score (nSPS) is 17.0. The molecule has 0 atom stereocenters. The molecule has 0 fully saturated rings. The van der Waals surface area contributed by atoms with E-state index in [1.54, 1.807) is 11.1 Å². The molecule has 0 heteroatoms. The number of rotatable bonds is 3. The number of hydrogen-bond acceptors (Lipinski definition) is 0. The van der Waals surface area contributed by atoms with E-state index in [1.807, 2.05) is 0 Å². The highest BCUT2D eigenvalue weighted by molar-refractivity contribution is 5.33. The van der Waals surface area contributed by atoms with Gasteiger partial charge >= 0.3 is 0 Å². The van der Waals surface area contributed by atoms with Gasteiger partial charge in [-0.05, 0) is 24.8 Å². The molecule has 0 saturated heterocycles. The molecule has 0 aromatic carbocycles. The van der Waals surface area contributed by atoms with E-state index in [0.717, 1.165) is 0 Å². The van der Waals surface area contributed by atoms with Crippen LogP contribution in [0.4, 0.5) is 0 Å². The lowest BCUT2D eigenvalue weighted by Gasteiger charge is -2.01. The highest BCUT2D eigenvalue weighted by Crippen LogP contribution is 2.24. The van der Waals surface area contributed by atoms with Crippen LogP contribution in [-0.4, -0.2) is 0 Å². The molecule has 56 valence electrons. The zero-order valence-electron chi connectivity index (χ0n) is 6.98. The fourth-order valence-corrected chi connectivity index (χ4v) is 1.52. The molecule has 1 rings (SSSR count). The topological polar surface area (TPSA) is 0 Å². The minimum absolute atomic E-state index is 1.21. The Kier molecular flexibility index (Phi) is 2.73. The molecule has 1 aliphatic carbocycles. The van der Waals surface area contributed by atoms with Crippen molar-refractivity contribution < 1.29 is 0 Å². The quantitative estimate of drug-likeness (QED) is 0.557. The number of hydrogen-bond donors (Lipinski definition) is 0. The van der Waals surface area contributed by atoms with Crippen molar-refractivity contribution in [2.75, 3.05) is 0 Å². The summed E-state index contributed by atoms with van der Waals surface area (Å²) >= 11 is 0. The van der Waals surface area contributed by atoms with Crippen molar-refractivity contribution in [1.29, 1.82) is 0 Å². The van der Waals surface area contributed by atoms with Gasteiger partial charge in [-0.25, -0.2) is 0 Å². The summed E-state index contributed by atoms with van der Waals surface area (Å²) in [4.78, 5) is 0. The molecule has 0 radical (unpaired) electrons. The molecular weight excluding hydrogens is 120 g/mol. The molecule has 10 heavy (non-hydrogen) atoms. The van der Waals surface area contributed by atoms with Crippen molar-refractivity contribution in [3.63, 3.8) is 0 Å². The molecule has 0 aromatic rings. The van der Waals surface area contributed by atoms with Gasteiger partial charge < -0.3 is 0 Å². The molecule has 0 heterocycles. The Morgan fingerprint density at radius 1 is 1.40 bits per heavy atom. The average Bonchev–Trinajstić information content (AvgIpc) is 2.36. The molecule has 0 aliphatic heterocycles. The van der Waals surface area contributed by atoms with Gasteiger partial charge in [0.2, 0.25) is 0 Å². The van der Waals surface area contributed by atoms with Gasteiger partial charge in [-0.3, -0.25) is 0 Å². The Morgan fingerprint density at radius 2 is 2.20 bits per heavy atom. The maximum Gasteiger partial charge on any atom is -0.0130 e. The molecule has 1 aliphatic rings. The third-order valence-corrected chi connectivity index (χ3v) is 2.07. The van der Waals surface area contributed by atoms with Crippen molar-refractivity contribution in [2.45, 2.75) is 39.5 Å². The van der Waals surface area contributed by atoms with Gasteiger partial charge in [0.05, 0.1) is 0 Å². The lowest BCUT2D eigenvalue weighted by molar-refractivity contribution is 0.870. The first-order valence-electron chi connectivity index (χ1n) is 4.26. The van der Waals surface area contributed by atoms with Crippen LogP contribution in [0.5, 0.6) is 0 Å².